The second-order valence-electron chi connectivity index (χ2n) is 6.86. The fraction of sp³-hybridized carbons (Fsp3) is 0.579. The monoisotopic (exact) mass is 364 g/mol. The zero-order chi connectivity index (χ0) is 17.8. The van der Waals surface area contributed by atoms with Crippen LogP contribution in [-0.4, -0.2) is 60.5 Å². The number of rotatable bonds is 4. The highest BCUT2D eigenvalue weighted by Crippen LogP contribution is 2.24. The van der Waals surface area contributed by atoms with Gasteiger partial charge in [-0.1, -0.05) is 30.7 Å². The van der Waals surface area contributed by atoms with E-state index in [9.17, 15) is 9.59 Å². The highest BCUT2D eigenvalue weighted by Gasteiger charge is 2.38. The topological polar surface area (TPSA) is 49.9 Å². The molecule has 2 fully saturated rings. The summed E-state index contributed by atoms with van der Waals surface area (Å²) in [7, 11) is 0. The SMILES string of the molecule is CC(Cc1ccc(Cl)cc1)C(=O)N1CCC[C@H]1C(=O)N1CCOCC1. The Morgan fingerprint density at radius 3 is 2.56 bits per heavy atom. The summed E-state index contributed by atoms with van der Waals surface area (Å²) in [6.45, 7) is 5.02. The molecule has 0 radical (unpaired) electrons. The van der Waals surface area contributed by atoms with Gasteiger partial charge >= 0.3 is 0 Å². The Labute approximate surface area is 153 Å². The summed E-state index contributed by atoms with van der Waals surface area (Å²) in [5.41, 5.74) is 1.08. The van der Waals surface area contributed by atoms with Gasteiger partial charge in [0.1, 0.15) is 6.04 Å². The van der Waals surface area contributed by atoms with Crippen LogP contribution in [0.1, 0.15) is 25.3 Å². The second-order valence-corrected chi connectivity index (χ2v) is 7.30. The maximum atomic E-state index is 12.9. The van der Waals surface area contributed by atoms with Crippen LogP contribution in [0, 0.1) is 5.92 Å². The Morgan fingerprint density at radius 1 is 1.20 bits per heavy atom. The van der Waals surface area contributed by atoms with E-state index < -0.39 is 0 Å². The zero-order valence-corrected chi connectivity index (χ0v) is 15.4. The number of likely N-dealkylation sites (tertiary alicyclic amines) is 1. The molecule has 2 heterocycles. The molecule has 6 heteroatoms. The number of hydrogen-bond acceptors (Lipinski definition) is 3. The fourth-order valence-corrected chi connectivity index (χ4v) is 3.75. The maximum Gasteiger partial charge on any atom is 0.245 e. The molecule has 25 heavy (non-hydrogen) atoms. The van der Waals surface area contributed by atoms with Crippen molar-refractivity contribution in [1.29, 1.82) is 0 Å². The van der Waals surface area contributed by atoms with Crippen molar-refractivity contribution in [2.45, 2.75) is 32.2 Å². The molecule has 0 aromatic heterocycles. The maximum absolute atomic E-state index is 12.9. The molecule has 2 aliphatic heterocycles. The van der Waals surface area contributed by atoms with E-state index >= 15 is 0 Å². The molecule has 0 spiro atoms. The first kappa shape index (κ1) is 18.2. The molecule has 5 nitrogen and oxygen atoms in total. The number of carbonyl (C=O) groups is 2. The number of carbonyl (C=O) groups excluding carboxylic acids is 2. The van der Waals surface area contributed by atoms with Crippen molar-refractivity contribution in [2.75, 3.05) is 32.8 Å². The average molecular weight is 365 g/mol. The van der Waals surface area contributed by atoms with Gasteiger partial charge < -0.3 is 14.5 Å². The number of benzene rings is 1. The van der Waals surface area contributed by atoms with Crippen LogP contribution >= 0.6 is 11.6 Å². The smallest absolute Gasteiger partial charge is 0.245 e. The van der Waals surface area contributed by atoms with Crippen molar-refractivity contribution in [3.63, 3.8) is 0 Å². The van der Waals surface area contributed by atoms with E-state index in [0.717, 1.165) is 18.4 Å². The van der Waals surface area contributed by atoms with Crippen molar-refractivity contribution in [3.8, 4) is 0 Å². The van der Waals surface area contributed by atoms with Crippen molar-refractivity contribution < 1.29 is 14.3 Å². The lowest BCUT2D eigenvalue weighted by molar-refractivity contribution is -0.148. The molecule has 2 saturated heterocycles. The lowest BCUT2D eigenvalue weighted by atomic mass is 9.99. The molecule has 2 atom stereocenters. The Bertz CT molecular complexity index is 614. The molecule has 136 valence electrons. The number of halogens is 1. The molecule has 2 amide bonds. The van der Waals surface area contributed by atoms with Crippen LogP contribution in [0.15, 0.2) is 24.3 Å². The van der Waals surface area contributed by atoms with Gasteiger partial charge in [0.15, 0.2) is 0 Å². The first-order valence-corrected chi connectivity index (χ1v) is 9.35. The van der Waals surface area contributed by atoms with E-state index in [1.165, 1.54) is 0 Å². The van der Waals surface area contributed by atoms with E-state index in [2.05, 4.69) is 0 Å². The summed E-state index contributed by atoms with van der Waals surface area (Å²) in [5, 5.41) is 0.693. The van der Waals surface area contributed by atoms with Gasteiger partial charge in [0.2, 0.25) is 11.8 Å². The highest BCUT2D eigenvalue weighted by atomic mass is 35.5. The van der Waals surface area contributed by atoms with Gasteiger partial charge in [0.05, 0.1) is 13.2 Å². The van der Waals surface area contributed by atoms with Gasteiger partial charge in [-0.3, -0.25) is 9.59 Å². The lowest BCUT2D eigenvalue weighted by Gasteiger charge is -2.33. The lowest BCUT2D eigenvalue weighted by Crippen LogP contribution is -2.52. The van der Waals surface area contributed by atoms with Crippen LogP contribution in [0.5, 0.6) is 0 Å². The van der Waals surface area contributed by atoms with Crippen molar-refractivity contribution >= 4 is 23.4 Å². The minimum Gasteiger partial charge on any atom is -0.378 e. The van der Waals surface area contributed by atoms with E-state index in [1.54, 1.807) is 4.90 Å². The van der Waals surface area contributed by atoms with Crippen molar-refractivity contribution in [2.24, 2.45) is 5.92 Å². The third-order valence-electron chi connectivity index (χ3n) is 5.02. The molecule has 0 aliphatic carbocycles. The van der Waals surface area contributed by atoms with E-state index in [4.69, 9.17) is 16.3 Å². The first-order valence-electron chi connectivity index (χ1n) is 8.97. The molecule has 1 unspecified atom stereocenters. The van der Waals surface area contributed by atoms with Gasteiger partial charge in [-0.15, -0.1) is 0 Å². The molecular formula is C19H25ClN2O3. The van der Waals surface area contributed by atoms with E-state index in [-0.39, 0.29) is 23.8 Å². The van der Waals surface area contributed by atoms with Crippen LogP contribution in [0.3, 0.4) is 0 Å². The summed E-state index contributed by atoms with van der Waals surface area (Å²) in [4.78, 5) is 29.3. The normalized spacial score (nSPS) is 22.1. The van der Waals surface area contributed by atoms with Crippen LogP contribution in [0.4, 0.5) is 0 Å². The average Bonchev–Trinajstić information content (AvgIpc) is 3.12. The number of amides is 2. The molecule has 0 N–H and O–H groups in total. The van der Waals surface area contributed by atoms with Gasteiger partial charge in [-0.05, 0) is 37.0 Å². The van der Waals surface area contributed by atoms with Crippen LogP contribution in [-0.2, 0) is 20.7 Å². The second kappa shape index (κ2) is 8.19. The Kier molecular flexibility index (Phi) is 5.97. The van der Waals surface area contributed by atoms with Gasteiger partial charge in [0, 0.05) is 30.6 Å². The summed E-state index contributed by atoms with van der Waals surface area (Å²) in [6.07, 6.45) is 2.31. The minimum atomic E-state index is -0.307. The molecule has 0 saturated carbocycles. The number of hydrogen-bond donors (Lipinski definition) is 0. The molecule has 0 bridgehead atoms. The predicted molar refractivity (Wildman–Crippen MR) is 96.5 cm³/mol. The fourth-order valence-electron chi connectivity index (χ4n) is 3.63. The van der Waals surface area contributed by atoms with E-state index in [1.807, 2.05) is 36.1 Å². The zero-order valence-electron chi connectivity index (χ0n) is 14.6. The minimum absolute atomic E-state index is 0.0686. The van der Waals surface area contributed by atoms with Crippen LogP contribution < -0.4 is 0 Å². The molecule has 3 rings (SSSR count). The first-order chi connectivity index (χ1) is 12.1. The summed E-state index contributed by atoms with van der Waals surface area (Å²) < 4.78 is 5.32. The Hall–Kier alpha value is -1.59. The van der Waals surface area contributed by atoms with Gasteiger partial charge in [-0.25, -0.2) is 0 Å². The van der Waals surface area contributed by atoms with Gasteiger partial charge in [-0.2, -0.15) is 0 Å². The quantitative estimate of drug-likeness (QED) is 0.824. The third kappa shape index (κ3) is 4.33. The van der Waals surface area contributed by atoms with Crippen molar-refractivity contribution in [1.82, 2.24) is 9.80 Å². The summed E-state index contributed by atoms with van der Waals surface area (Å²) in [5.74, 6) is -0.00818. The third-order valence-corrected chi connectivity index (χ3v) is 5.27. The molecular weight excluding hydrogens is 340 g/mol. The molecule has 2 aliphatic rings. The number of morpholine rings is 1. The van der Waals surface area contributed by atoms with Crippen LogP contribution in [0.2, 0.25) is 5.02 Å². The summed E-state index contributed by atoms with van der Waals surface area (Å²) >= 11 is 5.92. The number of ether oxygens (including phenoxy) is 1. The number of nitrogens with zero attached hydrogens (tertiary/aromatic N) is 2. The standard InChI is InChI=1S/C19H25ClN2O3/c1-14(13-15-4-6-16(20)7-5-15)18(23)22-8-2-3-17(22)19(24)21-9-11-25-12-10-21/h4-7,14,17H,2-3,8-13H2,1H3/t14?,17-/m0/s1. The van der Waals surface area contributed by atoms with Crippen molar-refractivity contribution in [3.05, 3.63) is 34.9 Å². The van der Waals surface area contributed by atoms with Crippen LogP contribution in [0.25, 0.3) is 0 Å². The largest absolute Gasteiger partial charge is 0.378 e. The van der Waals surface area contributed by atoms with Gasteiger partial charge in [0.25, 0.3) is 0 Å². The predicted octanol–water partition coefficient (Wildman–Crippen LogP) is 2.37. The Morgan fingerprint density at radius 2 is 1.88 bits per heavy atom. The highest BCUT2D eigenvalue weighted by molar-refractivity contribution is 6.30. The summed E-state index contributed by atoms with van der Waals surface area (Å²) in [6, 6.07) is 7.28. The Balaban J connectivity index is 1.63. The molecule has 1 aromatic carbocycles. The van der Waals surface area contributed by atoms with E-state index in [0.29, 0.717) is 44.3 Å². The molecule has 1 aromatic rings.